The highest BCUT2D eigenvalue weighted by Gasteiger charge is 1.98. The third-order valence-electron chi connectivity index (χ3n) is 1.43. The Morgan fingerprint density at radius 3 is 3.00 bits per heavy atom. The van der Waals surface area contributed by atoms with Crippen LogP contribution in [0.1, 0.15) is 13.8 Å². The first-order valence-electron chi connectivity index (χ1n) is 4.22. The summed E-state index contributed by atoms with van der Waals surface area (Å²) in [4.78, 5) is 0. The van der Waals surface area contributed by atoms with E-state index in [0.29, 0.717) is 11.0 Å². The van der Waals surface area contributed by atoms with Gasteiger partial charge in [0.15, 0.2) is 5.11 Å². The zero-order valence-corrected chi connectivity index (χ0v) is 8.61. The van der Waals surface area contributed by atoms with Gasteiger partial charge in [-0.3, -0.25) is 5.10 Å². The summed E-state index contributed by atoms with van der Waals surface area (Å²) in [5, 5.41) is 13.2. The molecule has 0 aliphatic heterocycles. The van der Waals surface area contributed by atoms with Crippen molar-refractivity contribution in [1.29, 1.82) is 0 Å². The Hall–Kier alpha value is -1.10. The van der Waals surface area contributed by atoms with Crippen molar-refractivity contribution < 1.29 is 0 Å². The molecule has 0 saturated heterocycles. The van der Waals surface area contributed by atoms with E-state index in [4.69, 9.17) is 12.2 Å². The highest BCUT2D eigenvalue weighted by atomic mass is 32.1. The fraction of sp³-hybridized carbons (Fsp3) is 0.500. The van der Waals surface area contributed by atoms with Crippen molar-refractivity contribution in [2.24, 2.45) is 5.92 Å². The molecule has 5 heteroatoms. The van der Waals surface area contributed by atoms with Gasteiger partial charge in [0, 0.05) is 12.7 Å². The van der Waals surface area contributed by atoms with Gasteiger partial charge in [-0.2, -0.15) is 5.10 Å². The Kier molecular flexibility index (Phi) is 3.70. The highest BCUT2D eigenvalue weighted by Crippen LogP contribution is 2.00. The first-order chi connectivity index (χ1) is 6.18. The minimum absolute atomic E-state index is 0.587. The first kappa shape index (κ1) is 9.98. The lowest BCUT2D eigenvalue weighted by molar-refractivity contribution is 0.627. The molecule has 0 aliphatic rings. The van der Waals surface area contributed by atoms with Crippen LogP contribution in [0.5, 0.6) is 0 Å². The van der Waals surface area contributed by atoms with Crippen LogP contribution in [0.4, 0.5) is 5.69 Å². The zero-order valence-electron chi connectivity index (χ0n) is 7.79. The molecule has 0 radical (unpaired) electrons. The van der Waals surface area contributed by atoms with Crippen molar-refractivity contribution >= 4 is 23.0 Å². The normalized spacial score (nSPS) is 10.1. The molecule has 13 heavy (non-hydrogen) atoms. The van der Waals surface area contributed by atoms with Gasteiger partial charge < -0.3 is 10.6 Å². The van der Waals surface area contributed by atoms with Gasteiger partial charge in [0.2, 0.25) is 0 Å². The number of nitrogens with zero attached hydrogens (tertiary/aromatic N) is 1. The zero-order chi connectivity index (χ0) is 9.68. The van der Waals surface area contributed by atoms with E-state index in [1.807, 2.05) is 0 Å². The standard InChI is InChI=1S/C8H14N4S/c1-6(2)3-9-8(13)12-7-4-10-11-5-7/h4-6H,3H2,1-2H3,(H,10,11)(H2,9,12,13). The Bertz CT molecular complexity index is 255. The van der Waals surface area contributed by atoms with Crippen LogP contribution in [0.3, 0.4) is 0 Å². The largest absolute Gasteiger partial charge is 0.362 e. The van der Waals surface area contributed by atoms with Crippen LogP contribution >= 0.6 is 12.2 Å². The molecule has 1 aromatic heterocycles. The first-order valence-corrected chi connectivity index (χ1v) is 4.63. The lowest BCUT2D eigenvalue weighted by atomic mass is 10.2. The molecule has 72 valence electrons. The van der Waals surface area contributed by atoms with E-state index in [1.54, 1.807) is 12.4 Å². The number of H-pyrrole nitrogens is 1. The summed E-state index contributed by atoms with van der Waals surface area (Å²) in [6.45, 7) is 5.14. The molecule has 0 aromatic carbocycles. The summed E-state index contributed by atoms with van der Waals surface area (Å²) in [7, 11) is 0. The van der Waals surface area contributed by atoms with Crippen molar-refractivity contribution in [3.8, 4) is 0 Å². The smallest absolute Gasteiger partial charge is 0.170 e. The van der Waals surface area contributed by atoms with Crippen LogP contribution in [0.15, 0.2) is 12.4 Å². The van der Waals surface area contributed by atoms with E-state index in [0.717, 1.165) is 12.2 Å². The molecular weight excluding hydrogens is 184 g/mol. The van der Waals surface area contributed by atoms with Crippen LogP contribution in [0, 0.1) is 5.92 Å². The maximum absolute atomic E-state index is 5.06. The van der Waals surface area contributed by atoms with Gasteiger partial charge in [-0.15, -0.1) is 0 Å². The molecule has 0 bridgehead atoms. The molecule has 0 unspecified atom stereocenters. The van der Waals surface area contributed by atoms with Crippen LogP contribution in [-0.4, -0.2) is 21.9 Å². The Labute approximate surface area is 83.1 Å². The number of hydrogen-bond donors (Lipinski definition) is 3. The third kappa shape index (κ3) is 3.89. The second-order valence-electron chi connectivity index (χ2n) is 3.22. The van der Waals surface area contributed by atoms with E-state index in [2.05, 4.69) is 34.7 Å². The van der Waals surface area contributed by atoms with Crippen molar-refractivity contribution in [2.45, 2.75) is 13.8 Å². The summed E-state index contributed by atoms with van der Waals surface area (Å²) in [6.07, 6.45) is 3.44. The summed E-state index contributed by atoms with van der Waals surface area (Å²) < 4.78 is 0. The third-order valence-corrected chi connectivity index (χ3v) is 1.67. The number of nitrogens with one attached hydrogen (secondary N) is 3. The Morgan fingerprint density at radius 1 is 1.69 bits per heavy atom. The fourth-order valence-corrected chi connectivity index (χ4v) is 0.993. The van der Waals surface area contributed by atoms with Gasteiger partial charge in [-0.1, -0.05) is 13.8 Å². The highest BCUT2D eigenvalue weighted by molar-refractivity contribution is 7.80. The molecule has 1 rings (SSSR count). The monoisotopic (exact) mass is 198 g/mol. The van der Waals surface area contributed by atoms with Crippen LogP contribution < -0.4 is 10.6 Å². The van der Waals surface area contributed by atoms with Crippen molar-refractivity contribution in [3.05, 3.63) is 12.4 Å². The lowest BCUT2D eigenvalue weighted by Gasteiger charge is -2.10. The van der Waals surface area contributed by atoms with Gasteiger partial charge in [-0.25, -0.2) is 0 Å². The number of aromatic amines is 1. The predicted molar refractivity (Wildman–Crippen MR) is 57.6 cm³/mol. The van der Waals surface area contributed by atoms with Gasteiger partial charge in [0.25, 0.3) is 0 Å². The van der Waals surface area contributed by atoms with E-state index in [-0.39, 0.29) is 0 Å². The number of aromatic nitrogens is 2. The number of thiocarbonyl (C=S) groups is 1. The fourth-order valence-electron chi connectivity index (χ4n) is 0.791. The predicted octanol–water partition coefficient (Wildman–Crippen LogP) is 1.35. The van der Waals surface area contributed by atoms with Crippen molar-refractivity contribution in [3.63, 3.8) is 0 Å². The maximum atomic E-state index is 5.06. The van der Waals surface area contributed by atoms with E-state index in [9.17, 15) is 0 Å². The molecule has 0 aliphatic carbocycles. The van der Waals surface area contributed by atoms with Gasteiger partial charge in [-0.05, 0) is 18.1 Å². The van der Waals surface area contributed by atoms with Crippen LogP contribution in [-0.2, 0) is 0 Å². The lowest BCUT2D eigenvalue weighted by Crippen LogP contribution is -2.31. The number of hydrogen-bond acceptors (Lipinski definition) is 2. The molecule has 1 heterocycles. The Balaban J connectivity index is 2.26. The molecular formula is C8H14N4S. The average molecular weight is 198 g/mol. The molecule has 3 N–H and O–H groups in total. The van der Waals surface area contributed by atoms with Gasteiger partial charge in [0.05, 0.1) is 11.9 Å². The molecule has 0 spiro atoms. The summed E-state index contributed by atoms with van der Waals surface area (Å²) in [6, 6.07) is 0. The van der Waals surface area contributed by atoms with Gasteiger partial charge in [0.1, 0.15) is 0 Å². The second kappa shape index (κ2) is 4.81. The molecule has 0 atom stereocenters. The SMILES string of the molecule is CC(C)CNC(=S)Nc1cn[nH]c1. The van der Waals surface area contributed by atoms with E-state index in [1.165, 1.54) is 0 Å². The number of rotatable bonds is 3. The molecule has 0 amide bonds. The minimum atomic E-state index is 0.587. The average Bonchev–Trinajstić information content (AvgIpc) is 2.53. The summed E-state index contributed by atoms with van der Waals surface area (Å²) >= 11 is 5.06. The van der Waals surface area contributed by atoms with Gasteiger partial charge >= 0.3 is 0 Å². The molecule has 0 fully saturated rings. The Morgan fingerprint density at radius 2 is 2.46 bits per heavy atom. The maximum Gasteiger partial charge on any atom is 0.170 e. The minimum Gasteiger partial charge on any atom is -0.362 e. The summed E-state index contributed by atoms with van der Waals surface area (Å²) in [5.41, 5.74) is 0.876. The molecule has 0 saturated carbocycles. The number of anilines is 1. The van der Waals surface area contributed by atoms with E-state index >= 15 is 0 Å². The van der Waals surface area contributed by atoms with Crippen LogP contribution in [0.2, 0.25) is 0 Å². The van der Waals surface area contributed by atoms with E-state index < -0.39 is 0 Å². The van der Waals surface area contributed by atoms with Crippen LogP contribution in [0.25, 0.3) is 0 Å². The topological polar surface area (TPSA) is 52.7 Å². The molecule has 4 nitrogen and oxygen atoms in total. The molecule has 1 aromatic rings. The second-order valence-corrected chi connectivity index (χ2v) is 3.62. The summed E-state index contributed by atoms with van der Waals surface area (Å²) in [5.74, 6) is 0.587. The van der Waals surface area contributed by atoms with Crippen molar-refractivity contribution in [2.75, 3.05) is 11.9 Å². The quantitative estimate of drug-likeness (QED) is 0.642. The van der Waals surface area contributed by atoms with Crippen molar-refractivity contribution in [1.82, 2.24) is 15.5 Å².